The first kappa shape index (κ1) is 13.8. The molecular formula is C14H12FN3O5. The molecule has 1 aromatic carbocycles. The fourth-order valence-electron chi connectivity index (χ4n) is 3.33. The van der Waals surface area contributed by atoms with Gasteiger partial charge < -0.3 is 20.1 Å². The van der Waals surface area contributed by atoms with Gasteiger partial charge in [-0.1, -0.05) is 0 Å². The molecule has 8 nitrogen and oxygen atoms in total. The molecule has 1 unspecified atom stereocenters. The predicted molar refractivity (Wildman–Crippen MR) is 74.7 cm³/mol. The Morgan fingerprint density at radius 1 is 1.43 bits per heavy atom. The molecule has 23 heavy (non-hydrogen) atoms. The van der Waals surface area contributed by atoms with Crippen molar-refractivity contribution in [1.29, 1.82) is 0 Å². The van der Waals surface area contributed by atoms with Crippen molar-refractivity contribution in [3.63, 3.8) is 0 Å². The van der Waals surface area contributed by atoms with Crippen molar-refractivity contribution in [3.8, 4) is 5.75 Å². The Kier molecular flexibility index (Phi) is 2.60. The van der Waals surface area contributed by atoms with Crippen molar-refractivity contribution < 1.29 is 28.2 Å². The van der Waals surface area contributed by atoms with E-state index in [1.807, 2.05) is 0 Å². The molecule has 0 spiro atoms. The minimum absolute atomic E-state index is 0.0326. The number of amides is 3. The Labute approximate surface area is 129 Å². The van der Waals surface area contributed by atoms with E-state index >= 15 is 0 Å². The molecule has 1 aromatic rings. The first-order chi connectivity index (χ1) is 10.9. The van der Waals surface area contributed by atoms with Crippen molar-refractivity contribution in [2.45, 2.75) is 18.6 Å². The fourth-order valence-corrected chi connectivity index (χ4v) is 3.33. The van der Waals surface area contributed by atoms with Crippen LogP contribution >= 0.6 is 0 Å². The summed E-state index contributed by atoms with van der Waals surface area (Å²) in [5.74, 6) is -1.61. The Morgan fingerprint density at radius 2 is 2.17 bits per heavy atom. The molecule has 120 valence electrons. The number of carbonyl (C=O) groups excluding carboxylic acids is 3. The van der Waals surface area contributed by atoms with Gasteiger partial charge in [-0.05, 0) is 0 Å². The summed E-state index contributed by atoms with van der Waals surface area (Å²) in [6.07, 6.45) is -1.62. The van der Waals surface area contributed by atoms with Crippen LogP contribution in [0.3, 0.4) is 0 Å². The third kappa shape index (κ3) is 1.67. The van der Waals surface area contributed by atoms with Crippen molar-refractivity contribution >= 4 is 29.3 Å². The molecule has 0 aliphatic carbocycles. The number of benzene rings is 1. The van der Waals surface area contributed by atoms with E-state index in [4.69, 9.17) is 15.2 Å². The number of cyclic esters (lactones) is 1. The molecule has 0 bridgehead atoms. The number of rotatable bonds is 1. The van der Waals surface area contributed by atoms with Gasteiger partial charge in [0.15, 0.2) is 18.2 Å². The van der Waals surface area contributed by atoms with Crippen molar-refractivity contribution in [2.24, 2.45) is 5.73 Å². The zero-order valence-electron chi connectivity index (χ0n) is 12.0. The van der Waals surface area contributed by atoms with Gasteiger partial charge in [-0.15, -0.1) is 0 Å². The molecule has 3 amide bonds. The number of primary amides is 1. The molecule has 3 heterocycles. The third-order valence-electron chi connectivity index (χ3n) is 4.40. The van der Waals surface area contributed by atoms with Gasteiger partial charge in [-0.2, -0.15) is 0 Å². The van der Waals surface area contributed by atoms with Gasteiger partial charge in [0.25, 0.3) is 11.8 Å². The first-order valence-electron chi connectivity index (χ1n) is 6.94. The molecule has 2 N–H and O–H groups in total. The average Bonchev–Trinajstić information content (AvgIpc) is 3.01. The Balaban J connectivity index is 1.87. The quantitative estimate of drug-likeness (QED) is 0.779. The molecule has 3 aliphatic heterocycles. The summed E-state index contributed by atoms with van der Waals surface area (Å²) in [6.45, 7) is -0.215. The number of carbonyl (C=O) groups is 3. The fraction of sp³-hybridized carbons (Fsp3) is 0.357. The Hall–Kier alpha value is -2.84. The second-order valence-electron chi connectivity index (χ2n) is 5.62. The predicted octanol–water partition coefficient (Wildman–Crippen LogP) is -0.0839. The maximum atomic E-state index is 14.4. The Morgan fingerprint density at radius 3 is 2.87 bits per heavy atom. The number of hydrogen-bond donors (Lipinski definition) is 1. The summed E-state index contributed by atoms with van der Waals surface area (Å²) in [7, 11) is 1.45. The van der Waals surface area contributed by atoms with Gasteiger partial charge in [0.2, 0.25) is 6.10 Å². The molecule has 1 fully saturated rings. The van der Waals surface area contributed by atoms with E-state index in [2.05, 4.69) is 0 Å². The highest BCUT2D eigenvalue weighted by molar-refractivity contribution is 6.02. The molecule has 1 saturated heterocycles. The standard InChI is InChI=1S/C14H12FN3O5/c1-17-9(19)4-22-11-5-2-8-12(13(16)20)23-14(21)18(8)7(5)3-6(15)10(11)17/h3,8,12H,2,4H2,1H3,(H2,16,20)/t8-,12?/m0/s1. The SMILES string of the molecule is CN1C(=O)COc2c3c(cc(F)c21)N1C(=O)OC(C(N)=O)[C@@H]1C3. The van der Waals surface area contributed by atoms with E-state index in [1.54, 1.807) is 0 Å². The zero-order chi connectivity index (χ0) is 16.5. The topological polar surface area (TPSA) is 102 Å². The van der Waals surface area contributed by atoms with E-state index in [-0.39, 0.29) is 36.1 Å². The lowest BCUT2D eigenvalue weighted by Gasteiger charge is -2.28. The van der Waals surface area contributed by atoms with E-state index < -0.39 is 30.0 Å². The number of likely N-dealkylation sites (N-methyl/N-ethyl adjacent to an activating group) is 1. The van der Waals surface area contributed by atoms with Gasteiger partial charge in [-0.25, -0.2) is 9.18 Å². The molecule has 9 heteroatoms. The monoisotopic (exact) mass is 321 g/mol. The zero-order valence-corrected chi connectivity index (χ0v) is 12.0. The molecule has 3 aliphatic rings. The molecule has 0 aromatic heterocycles. The van der Waals surface area contributed by atoms with Crippen molar-refractivity contribution in [1.82, 2.24) is 0 Å². The highest BCUT2D eigenvalue weighted by atomic mass is 19.1. The number of anilines is 2. The minimum Gasteiger partial charge on any atom is -0.481 e. The smallest absolute Gasteiger partial charge is 0.415 e. The van der Waals surface area contributed by atoms with Crippen molar-refractivity contribution in [2.75, 3.05) is 23.5 Å². The van der Waals surface area contributed by atoms with E-state index in [0.717, 1.165) is 6.07 Å². The van der Waals surface area contributed by atoms with Crippen LogP contribution < -0.4 is 20.3 Å². The molecule has 2 atom stereocenters. The van der Waals surface area contributed by atoms with Crippen LogP contribution in [0.25, 0.3) is 0 Å². The maximum absolute atomic E-state index is 14.4. The summed E-state index contributed by atoms with van der Waals surface area (Å²) in [5, 5.41) is 0. The molecule has 0 saturated carbocycles. The first-order valence-corrected chi connectivity index (χ1v) is 6.94. The second kappa shape index (κ2) is 4.34. The van der Waals surface area contributed by atoms with Crippen LogP contribution in [0.15, 0.2) is 6.07 Å². The summed E-state index contributed by atoms with van der Waals surface area (Å²) in [6, 6.07) is 0.518. The summed E-state index contributed by atoms with van der Waals surface area (Å²) in [4.78, 5) is 37.5. The normalized spacial score (nSPS) is 24.8. The highest BCUT2D eigenvalue weighted by Gasteiger charge is 2.52. The highest BCUT2D eigenvalue weighted by Crippen LogP contribution is 2.49. The van der Waals surface area contributed by atoms with Gasteiger partial charge in [-0.3, -0.25) is 14.5 Å². The number of nitrogens with two attached hydrogens (primary N) is 1. The van der Waals surface area contributed by atoms with Crippen LogP contribution in [0.5, 0.6) is 5.75 Å². The Bertz CT molecular complexity index is 780. The summed E-state index contributed by atoms with van der Waals surface area (Å²) < 4.78 is 24.8. The van der Waals surface area contributed by atoms with Crippen LogP contribution in [-0.2, 0) is 20.7 Å². The van der Waals surface area contributed by atoms with Crippen LogP contribution in [0.4, 0.5) is 20.6 Å². The number of fused-ring (bicyclic) bond motifs is 5. The van der Waals surface area contributed by atoms with Crippen LogP contribution in [-0.4, -0.2) is 43.7 Å². The lowest BCUT2D eigenvalue weighted by molar-refractivity contribution is -0.125. The number of nitrogens with zero attached hydrogens (tertiary/aromatic N) is 2. The number of halogens is 1. The van der Waals surface area contributed by atoms with Gasteiger partial charge >= 0.3 is 6.09 Å². The van der Waals surface area contributed by atoms with Crippen molar-refractivity contribution in [3.05, 3.63) is 17.4 Å². The number of ether oxygens (including phenoxy) is 2. The second-order valence-corrected chi connectivity index (χ2v) is 5.62. The third-order valence-corrected chi connectivity index (χ3v) is 4.40. The minimum atomic E-state index is -1.10. The van der Waals surface area contributed by atoms with E-state index in [0.29, 0.717) is 5.56 Å². The van der Waals surface area contributed by atoms with Crippen LogP contribution in [0, 0.1) is 5.82 Å². The largest absolute Gasteiger partial charge is 0.481 e. The van der Waals surface area contributed by atoms with Gasteiger partial charge in [0.1, 0.15) is 5.69 Å². The van der Waals surface area contributed by atoms with Crippen LogP contribution in [0.2, 0.25) is 0 Å². The van der Waals surface area contributed by atoms with Crippen LogP contribution in [0.1, 0.15) is 5.56 Å². The summed E-state index contributed by atoms with van der Waals surface area (Å²) in [5.41, 5.74) is 6.13. The maximum Gasteiger partial charge on any atom is 0.415 e. The summed E-state index contributed by atoms with van der Waals surface area (Å²) >= 11 is 0. The van der Waals surface area contributed by atoms with Gasteiger partial charge in [0, 0.05) is 25.1 Å². The lowest BCUT2D eigenvalue weighted by atomic mass is 10.0. The molecule has 0 radical (unpaired) electrons. The number of hydrogen-bond acceptors (Lipinski definition) is 5. The van der Waals surface area contributed by atoms with E-state index in [9.17, 15) is 18.8 Å². The lowest BCUT2D eigenvalue weighted by Crippen LogP contribution is -2.41. The van der Waals surface area contributed by atoms with Gasteiger partial charge in [0.05, 0.1) is 11.7 Å². The molecular weight excluding hydrogens is 309 g/mol. The average molecular weight is 321 g/mol. The molecule has 4 rings (SSSR count). The van der Waals surface area contributed by atoms with E-state index in [1.165, 1.54) is 16.8 Å².